The predicted octanol–water partition coefficient (Wildman–Crippen LogP) is 0.0281. The summed E-state index contributed by atoms with van der Waals surface area (Å²) in [6.45, 7) is 4.74. The first-order chi connectivity index (χ1) is 10.0. The Hall–Kier alpha value is -0.960. The van der Waals surface area contributed by atoms with E-state index in [9.17, 15) is 8.42 Å². The Balaban J connectivity index is 1.90. The molecule has 2 heterocycles. The van der Waals surface area contributed by atoms with Gasteiger partial charge in [-0.25, -0.2) is 13.1 Å². The third kappa shape index (κ3) is 4.50. The number of aliphatic hydroxyl groups excluding tert-OH is 1. The smallest absolute Gasteiger partial charge is 0.243 e. The Morgan fingerprint density at radius 3 is 2.76 bits per heavy atom. The topological polar surface area (TPSA) is 87.5 Å². The number of nitrogens with zero attached hydrogens (tertiary/aromatic N) is 3. The van der Waals surface area contributed by atoms with E-state index in [0.29, 0.717) is 13.1 Å². The lowest BCUT2D eigenvalue weighted by atomic mass is 10.1. The van der Waals surface area contributed by atoms with Crippen LogP contribution in [-0.4, -0.2) is 60.5 Å². The Bertz CT molecular complexity index is 537. The maximum atomic E-state index is 12.2. The number of hydrogen-bond donors (Lipinski definition) is 2. The molecule has 1 aliphatic rings. The number of likely N-dealkylation sites (tertiary alicyclic amines) is 1. The molecule has 1 saturated heterocycles. The summed E-state index contributed by atoms with van der Waals surface area (Å²) >= 11 is 0. The summed E-state index contributed by atoms with van der Waals surface area (Å²) in [4.78, 5) is 2.46. The summed E-state index contributed by atoms with van der Waals surface area (Å²) in [5, 5.41) is 12.7. The van der Waals surface area contributed by atoms with Crippen molar-refractivity contribution in [3.8, 4) is 0 Å². The number of rotatable bonds is 7. The first-order valence-corrected chi connectivity index (χ1v) is 8.88. The van der Waals surface area contributed by atoms with E-state index >= 15 is 0 Å². The van der Waals surface area contributed by atoms with Crippen molar-refractivity contribution < 1.29 is 13.5 Å². The minimum Gasteiger partial charge on any atom is -0.394 e. The Morgan fingerprint density at radius 1 is 1.38 bits per heavy atom. The van der Waals surface area contributed by atoms with Crippen LogP contribution < -0.4 is 4.72 Å². The highest BCUT2D eigenvalue weighted by Crippen LogP contribution is 2.12. The van der Waals surface area contributed by atoms with Gasteiger partial charge < -0.3 is 5.11 Å². The molecule has 0 aromatic carbocycles. The molecule has 0 aliphatic carbocycles. The maximum Gasteiger partial charge on any atom is 0.243 e. The van der Waals surface area contributed by atoms with Gasteiger partial charge in [-0.2, -0.15) is 5.10 Å². The molecule has 0 radical (unpaired) electrons. The summed E-state index contributed by atoms with van der Waals surface area (Å²) in [5.74, 6) is 0. The van der Waals surface area contributed by atoms with E-state index in [-0.39, 0.29) is 17.5 Å². The van der Waals surface area contributed by atoms with Gasteiger partial charge in [-0.1, -0.05) is 6.42 Å². The molecule has 0 saturated carbocycles. The first kappa shape index (κ1) is 16.4. The van der Waals surface area contributed by atoms with Crippen molar-refractivity contribution in [3.63, 3.8) is 0 Å². The average Bonchev–Trinajstić information content (AvgIpc) is 2.96. The molecule has 2 rings (SSSR count). The van der Waals surface area contributed by atoms with Crippen LogP contribution in [0.5, 0.6) is 0 Å². The van der Waals surface area contributed by atoms with Crippen LogP contribution in [0.15, 0.2) is 17.3 Å². The van der Waals surface area contributed by atoms with Crippen molar-refractivity contribution in [3.05, 3.63) is 12.4 Å². The molecule has 8 heteroatoms. The van der Waals surface area contributed by atoms with E-state index in [4.69, 9.17) is 5.11 Å². The summed E-state index contributed by atoms with van der Waals surface area (Å²) in [6, 6.07) is 0.188. The highest BCUT2D eigenvalue weighted by atomic mass is 32.2. The minimum absolute atomic E-state index is 0.0689. The highest BCUT2D eigenvalue weighted by Gasteiger charge is 2.21. The van der Waals surface area contributed by atoms with Crippen LogP contribution in [0.2, 0.25) is 0 Å². The van der Waals surface area contributed by atoms with Gasteiger partial charge in [-0.15, -0.1) is 0 Å². The first-order valence-electron chi connectivity index (χ1n) is 7.40. The van der Waals surface area contributed by atoms with Gasteiger partial charge in [0, 0.05) is 18.8 Å². The molecule has 0 amide bonds. The van der Waals surface area contributed by atoms with E-state index in [1.54, 1.807) is 0 Å². The van der Waals surface area contributed by atoms with Crippen LogP contribution in [0.4, 0.5) is 0 Å². The average molecular weight is 316 g/mol. The summed E-state index contributed by atoms with van der Waals surface area (Å²) in [7, 11) is -3.53. The molecular formula is C13H24N4O3S. The van der Waals surface area contributed by atoms with Crippen LogP contribution >= 0.6 is 0 Å². The molecule has 21 heavy (non-hydrogen) atoms. The van der Waals surface area contributed by atoms with E-state index in [0.717, 1.165) is 13.1 Å². The molecule has 0 spiro atoms. The normalized spacial score (nSPS) is 18.8. The molecule has 0 bridgehead atoms. The largest absolute Gasteiger partial charge is 0.394 e. The van der Waals surface area contributed by atoms with Gasteiger partial charge in [0.05, 0.1) is 19.3 Å². The van der Waals surface area contributed by atoms with Crippen molar-refractivity contribution in [1.29, 1.82) is 0 Å². The number of hydrogen-bond acceptors (Lipinski definition) is 5. The number of aliphatic hydroxyl groups is 1. The molecule has 120 valence electrons. The Kier molecular flexibility index (Phi) is 5.74. The monoisotopic (exact) mass is 316 g/mol. The summed E-state index contributed by atoms with van der Waals surface area (Å²) in [5.41, 5.74) is 0. The van der Waals surface area contributed by atoms with Crippen molar-refractivity contribution in [2.45, 2.75) is 43.7 Å². The van der Waals surface area contributed by atoms with Crippen LogP contribution in [0.3, 0.4) is 0 Å². The number of aromatic nitrogens is 2. The highest BCUT2D eigenvalue weighted by molar-refractivity contribution is 7.89. The number of nitrogens with one attached hydrogen (secondary N) is 1. The zero-order valence-electron chi connectivity index (χ0n) is 12.4. The fourth-order valence-corrected chi connectivity index (χ4v) is 3.58. The second-order valence-electron chi connectivity index (χ2n) is 5.46. The molecule has 1 atom stereocenters. The SMILES string of the molecule is CC(CNS(=O)(=O)c1cnn(CCO)c1)N1CCCCC1. The van der Waals surface area contributed by atoms with Gasteiger partial charge in [0.15, 0.2) is 0 Å². The predicted molar refractivity (Wildman–Crippen MR) is 79.4 cm³/mol. The van der Waals surface area contributed by atoms with Crippen LogP contribution in [-0.2, 0) is 16.6 Å². The maximum absolute atomic E-state index is 12.2. The van der Waals surface area contributed by atoms with Crippen molar-refractivity contribution >= 4 is 10.0 Å². The molecule has 7 nitrogen and oxygen atoms in total. The van der Waals surface area contributed by atoms with Gasteiger partial charge in [0.25, 0.3) is 0 Å². The van der Waals surface area contributed by atoms with Gasteiger partial charge >= 0.3 is 0 Å². The molecule has 1 fully saturated rings. The standard InChI is InChI=1S/C13H24N4O3S/c1-12(16-5-3-2-4-6-16)9-15-21(19,20)13-10-14-17(11-13)7-8-18/h10-12,15,18H,2-9H2,1H3. The van der Waals surface area contributed by atoms with E-state index < -0.39 is 10.0 Å². The molecule has 1 aromatic heterocycles. The van der Waals surface area contributed by atoms with E-state index in [1.165, 1.54) is 36.3 Å². The Morgan fingerprint density at radius 2 is 2.10 bits per heavy atom. The second kappa shape index (κ2) is 7.35. The van der Waals surface area contributed by atoms with Crippen LogP contribution in [0, 0.1) is 0 Å². The number of sulfonamides is 1. The lowest BCUT2D eigenvalue weighted by molar-refractivity contribution is 0.175. The van der Waals surface area contributed by atoms with Crippen LogP contribution in [0.1, 0.15) is 26.2 Å². The van der Waals surface area contributed by atoms with Crippen LogP contribution in [0.25, 0.3) is 0 Å². The third-order valence-corrected chi connectivity index (χ3v) is 5.21. The fourth-order valence-electron chi connectivity index (χ4n) is 2.51. The molecule has 1 unspecified atom stereocenters. The lowest BCUT2D eigenvalue weighted by Crippen LogP contribution is -2.44. The number of piperidine rings is 1. The van der Waals surface area contributed by atoms with Crippen molar-refractivity contribution in [2.75, 3.05) is 26.2 Å². The quantitative estimate of drug-likeness (QED) is 0.741. The Labute approximate surface area is 126 Å². The third-order valence-electron chi connectivity index (χ3n) is 3.83. The van der Waals surface area contributed by atoms with E-state index in [1.807, 2.05) is 6.92 Å². The molecule has 1 aliphatic heterocycles. The van der Waals surface area contributed by atoms with Gasteiger partial charge in [-0.05, 0) is 32.9 Å². The summed E-state index contributed by atoms with van der Waals surface area (Å²) < 4.78 is 28.4. The molecule has 1 aromatic rings. The van der Waals surface area contributed by atoms with Gasteiger partial charge in [0.2, 0.25) is 10.0 Å². The van der Waals surface area contributed by atoms with Crippen molar-refractivity contribution in [1.82, 2.24) is 19.4 Å². The minimum atomic E-state index is -3.53. The van der Waals surface area contributed by atoms with Crippen molar-refractivity contribution in [2.24, 2.45) is 0 Å². The molecule has 2 N–H and O–H groups in total. The lowest BCUT2D eigenvalue weighted by Gasteiger charge is -2.32. The fraction of sp³-hybridized carbons (Fsp3) is 0.769. The van der Waals surface area contributed by atoms with E-state index in [2.05, 4.69) is 14.7 Å². The summed E-state index contributed by atoms with van der Waals surface area (Å²) in [6.07, 6.45) is 6.38. The second-order valence-corrected chi connectivity index (χ2v) is 7.23. The van der Waals surface area contributed by atoms with Gasteiger partial charge in [-0.3, -0.25) is 9.58 Å². The zero-order valence-corrected chi connectivity index (χ0v) is 13.2. The zero-order chi connectivity index (χ0) is 15.3. The van der Waals surface area contributed by atoms with Gasteiger partial charge in [0.1, 0.15) is 4.90 Å². The molecular weight excluding hydrogens is 292 g/mol.